The molecule has 0 fully saturated rings. The van der Waals surface area contributed by atoms with Gasteiger partial charge in [0.2, 0.25) is 5.89 Å². The second-order valence-electron chi connectivity index (χ2n) is 4.53. The molecule has 0 bridgehead atoms. The topological polar surface area (TPSA) is 68.0 Å². The first-order valence-electron chi connectivity index (χ1n) is 6.38. The van der Waals surface area contributed by atoms with Crippen LogP contribution in [0.2, 0.25) is 10.0 Å². The van der Waals surface area contributed by atoms with Crippen LogP contribution in [0.5, 0.6) is 0 Å². The molecule has 5 nitrogen and oxygen atoms in total. The molecule has 3 rings (SSSR count). The van der Waals surface area contributed by atoms with Gasteiger partial charge < -0.3 is 4.42 Å². The van der Waals surface area contributed by atoms with Crippen molar-refractivity contribution in [3.8, 4) is 11.5 Å². The lowest BCUT2D eigenvalue weighted by molar-refractivity contribution is 0.102. The Hall–Kier alpha value is -1.89. The molecule has 0 aliphatic rings. The van der Waals surface area contributed by atoms with Crippen molar-refractivity contribution in [1.29, 1.82) is 0 Å². The van der Waals surface area contributed by atoms with Crippen molar-refractivity contribution in [1.82, 2.24) is 10.2 Å². The molecule has 0 unspecified atom stereocenters. The van der Waals surface area contributed by atoms with Gasteiger partial charge in [-0.1, -0.05) is 50.3 Å². The molecule has 0 aliphatic heterocycles. The maximum Gasteiger partial charge on any atom is 0.322 e. The van der Waals surface area contributed by atoms with E-state index in [0.717, 1.165) is 4.47 Å². The molecule has 116 valence electrons. The Kier molecular flexibility index (Phi) is 4.66. The summed E-state index contributed by atoms with van der Waals surface area (Å²) in [6.45, 7) is 0. The Morgan fingerprint density at radius 1 is 1.09 bits per heavy atom. The number of carbonyl (C=O) groups is 1. The summed E-state index contributed by atoms with van der Waals surface area (Å²) < 4.78 is 6.22. The molecule has 8 heteroatoms. The van der Waals surface area contributed by atoms with Gasteiger partial charge in [-0.25, -0.2) is 0 Å². The van der Waals surface area contributed by atoms with Gasteiger partial charge in [0, 0.05) is 25.6 Å². The second kappa shape index (κ2) is 6.70. The van der Waals surface area contributed by atoms with Crippen molar-refractivity contribution in [3.63, 3.8) is 0 Å². The molecule has 0 spiro atoms. The highest BCUT2D eigenvalue weighted by atomic mass is 79.9. The fourth-order valence-electron chi connectivity index (χ4n) is 1.87. The molecule has 23 heavy (non-hydrogen) atoms. The number of carbonyl (C=O) groups excluding carboxylic acids is 1. The third-order valence-electron chi connectivity index (χ3n) is 2.84. The zero-order valence-electron chi connectivity index (χ0n) is 11.4. The van der Waals surface area contributed by atoms with Gasteiger partial charge in [-0.2, -0.15) is 0 Å². The van der Waals surface area contributed by atoms with Gasteiger partial charge in [-0.05, 0) is 36.4 Å². The van der Waals surface area contributed by atoms with E-state index < -0.39 is 0 Å². The standard InChI is InChI=1S/C15H8BrCl2N3O2/c16-10-3-1-2-8(4-10)13(22)19-15-21-20-14(23-15)9-5-11(17)7-12(18)6-9/h1-7H,(H,19,21,22). The molecule has 1 N–H and O–H groups in total. The molecule has 1 heterocycles. The number of nitrogens with one attached hydrogen (secondary N) is 1. The van der Waals surface area contributed by atoms with Crippen molar-refractivity contribution in [3.05, 3.63) is 62.5 Å². The van der Waals surface area contributed by atoms with E-state index in [2.05, 4.69) is 31.4 Å². The van der Waals surface area contributed by atoms with Gasteiger partial charge in [-0.15, -0.1) is 5.10 Å². The van der Waals surface area contributed by atoms with Crippen LogP contribution in [0.1, 0.15) is 10.4 Å². The predicted octanol–water partition coefficient (Wildman–Crippen LogP) is 5.06. The van der Waals surface area contributed by atoms with Gasteiger partial charge in [-0.3, -0.25) is 10.1 Å². The number of rotatable bonds is 3. The van der Waals surface area contributed by atoms with E-state index in [1.165, 1.54) is 0 Å². The third-order valence-corrected chi connectivity index (χ3v) is 3.77. The number of hydrogen-bond acceptors (Lipinski definition) is 4. The minimum atomic E-state index is -0.356. The summed E-state index contributed by atoms with van der Waals surface area (Å²) in [5.41, 5.74) is 1.03. The van der Waals surface area contributed by atoms with Crippen LogP contribution >= 0.6 is 39.1 Å². The summed E-state index contributed by atoms with van der Waals surface area (Å²) in [7, 11) is 0. The molecule has 0 aliphatic carbocycles. The molecule has 1 amide bonds. The van der Waals surface area contributed by atoms with Crippen LogP contribution < -0.4 is 5.32 Å². The van der Waals surface area contributed by atoms with Crippen molar-refractivity contribution < 1.29 is 9.21 Å². The molecule has 2 aromatic carbocycles. The summed E-state index contributed by atoms with van der Waals surface area (Å²) in [5, 5.41) is 11.1. The number of nitrogens with zero attached hydrogens (tertiary/aromatic N) is 2. The van der Waals surface area contributed by atoms with Crippen LogP contribution in [-0.2, 0) is 0 Å². The maximum atomic E-state index is 12.1. The van der Waals surface area contributed by atoms with Gasteiger partial charge in [0.1, 0.15) is 0 Å². The predicted molar refractivity (Wildman–Crippen MR) is 91.8 cm³/mol. The van der Waals surface area contributed by atoms with E-state index in [9.17, 15) is 4.79 Å². The fraction of sp³-hybridized carbons (Fsp3) is 0. The lowest BCUT2D eigenvalue weighted by Crippen LogP contribution is -2.11. The maximum absolute atomic E-state index is 12.1. The fourth-order valence-corrected chi connectivity index (χ4v) is 2.79. The summed E-state index contributed by atoms with van der Waals surface area (Å²) in [6, 6.07) is 11.8. The number of hydrogen-bond donors (Lipinski definition) is 1. The Labute approximate surface area is 149 Å². The highest BCUT2D eigenvalue weighted by Gasteiger charge is 2.13. The lowest BCUT2D eigenvalue weighted by Gasteiger charge is -2.01. The summed E-state index contributed by atoms with van der Waals surface area (Å²) in [5.74, 6) is -0.149. The molecular formula is C15H8BrCl2N3O2. The highest BCUT2D eigenvalue weighted by Crippen LogP contribution is 2.27. The van der Waals surface area contributed by atoms with Crippen LogP contribution in [0.3, 0.4) is 0 Å². The number of halogens is 3. The second-order valence-corrected chi connectivity index (χ2v) is 6.32. The van der Waals surface area contributed by atoms with E-state index >= 15 is 0 Å². The van der Waals surface area contributed by atoms with Crippen molar-refractivity contribution in [2.45, 2.75) is 0 Å². The lowest BCUT2D eigenvalue weighted by atomic mass is 10.2. The van der Waals surface area contributed by atoms with Crippen LogP contribution in [0.15, 0.2) is 51.4 Å². The molecule has 0 atom stereocenters. The zero-order valence-corrected chi connectivity index (χ0v) is 14.5. The quantitative estimate of drug-likeness (QED) is 0.652. The highest BCUT2D eigenvalue weighted by molar-refractivity contribution is 9.10. The smallest absolute Gasteiger partial charge is 0.322 e. The first-order chi connectivity index (χ1) is 11.0. The minimum absolute atomic E-state index is 0.0129. The largest absolute Gasteiger partial charge is 0.403 e. The van der Waals surface area contributed by atoms with Gasteiger partial charge >= 0.3 is 6.01 Å². The van der Waals surface area contributed by atoms with Crippen LogP contribution in [0.4, 0.5) is 6.01 Å². The monoisotopic (exact) mass is 411 g/mol. The van der Waals surface area contributed by atoms with E-state index in [1.807, 2.05) is 6.07 Å². The Morgan fingerprint density at radius 2 is 1.83 bits per heavy atom. The summed E-state index contributed by atoms with van der Waals surface area (Å²) >= 11 is 15.2. The molecule has 0 saturated heterocycles. The molecule has 0 saturated carbocycles. The van der Waals surface area contributed by atoms with E-state index in [1.54, 1.807) is 36.4 Å². The van der Waals surface area contributed by atoms with Gasteiger partial charge in [0.15, 0.2) is 0 Å². The SMILES string of the molecule is O=C(Nc1nnc(-c2cc(Cl)cc(Cl)c2)o1)c1cccc(Br)c1. The van der Waals surface area contributed by atoms with E-state index in [4.69, 9.17) is 27.6 Å². The van der Waals surface area contributed by atoms with Crippen molar-refractivity contribution in [2.24, 2.45) is 0 Å². The number of benzene rings is 2. The Bertz CT molecular complexity index is 862. The number of anilines is 1. The molecule has 0 radical (unpaired) electrons. The van der Waals surface area contributed by atoms with Gasteiger partial charge in [0.25, 0.3) is 5.91 Å². The van der Waals surface area contributed by atoms with Crippen molar-refractivity contribution in [2.75, 3.05) is 5.32 Å². The average molecular weight is 413 g/mol. The molecule has 3 aromatic rings. The van der Waals surface area contributed by atoms with E-state index in [-0.39, 0.29) is 17.8 Å². The van der Waals surface area contributed by atoms with Crippen LogP contribution in [0.25, 0.3) is 11.5 Å². The van der Waals surface area contributed by atoms with Crippen LogP contribution in [-0.4, -0.2) is 16.1 Å². The Morgan fingerprint density at radius 3 is 2.52 bits per heavy atom. The minimum Gasteiger partial charge on any atom is -0.403 e. The first-order valence-corrected chi connectivity index (χ1v) is 7.93. The number of amides is 1. The summed E-state index contributed by atoms with van der Waals surface area (Å²) in [6.07, 6.45) is 0. The Balaban J connectivity index is 1.81. The zero-order chi connectivity index (χ0) is 16.4. The third kappa shape index (κ3) is 3.90. The molecule has 1 aromatic heterocycles. The van der Waals surface area contributed by atoms with Crippen LogP contribution in [0, 0.1) is 0 Å². The van der Waals surface area contributed by atoms with Gasteiger partial charge in [0.05, 0.1) is 0 Å². The van der Waals surface area contributed by atoms with Crippen molar-refractivity contribution >= 4 is 51.1 Å². The summed E-state index contributed by atoms with van der Waals surface area (Å²) in [4.78, 5) is 12.1. The van der Waals surface area contributed by atoms with E-state index in [0.29, 0.717) is 21.2 Å². The normalized spacial score (nSPS) is 10.6. The first kappa shape index (κ1) is 16.0. The molecular weight excluding hydrogens is 405 g/mol. The number of aromatic nitrogens is 2. The average Bonchev–Trinajstić information content (AvgIpc) is 2.95.